The van der Waals surface area contributed by atoms with Crippen LogP contribution in [0.25, 0.3) is 0 Å². The maximum absolute atomic E-state index is 11.7. The molecule has 5 nitrogen and oxygen atoms in total. The van der Waals surface area contributed by atoms with Crippen LogP contribution in [-0.4, -0.2) is 56.5 Å². The average molecular weight is 392 g/mol. The summed E-state index contributed by atoms with van der Waals surface area (Å²) in [5, 5.41) is 31.0. The van der Waals surface area contributed by atoms with Crippen molar-refractivity contribution >= 4 is 5.97 Å². The molecular formula is C23H37NO4. The van der Waals surface area contributed by atoms with Gasteiger partial charge in [0.25, 0.3) is 0 Å². The number of piperidine rings is 1. The van der Waals surface area contributed by atoms with Gasteiger partial charge in [0.2, 0.25) is 0 Å². The predicted octanol–water partition coefficient (Wildman–Crippen LogP) is 3.36. The van der Waals surface area contributed by atoms with Crippen LogP contribution in [0.1, 0.15) is 66.2 Å². The molecule has 3 fully saturated rings. The molecule has 0 radical (unpaired) electrons. The number of carboxylic acids is 1. The van der Waals surface area contributed by atoms with E-state index in [1.807, 2.05) is 12.2 Å². The summed E-state index contributed by atoms with van der Waals surface area (Å²) < 4.78 is 0. The number of carboxylic acid groups (broad SMARTS) is 1. The van der Waals surface area contributed by atoms with Crippen LogP contribution in [0.4, 0.5) is 0 Å². The molecule has 2 saturated heterocycles. The second kappa shape index (κ2) is 8.29. The van der Waals surface area contributed by atoms with Crippen LogP contribution < -0.4 is 0 Å². The molecule has 5 heteroatoms. The number of fused-ring (bicyclic) bond motifs is 3. The first-order chi connectivity index (χ1) is 13.1. The maximum atomic E-state index is 11.7. The Balaban J connectivity index is 1.71. The van der Waals surface area contributed by atoms with Crippen LogP contribution in [0.3, 0.4) is 0 Å². The smallest absolute Gasteiger partial charge is 0.320 e. The highest BCUT2D eigenvalue weighted by Gasteiger charge is 2.55. The first kappa shape index (κ1) is 21.5. The van der Waals surface area contributed by atoms with Crippen molar-refractivity contribution in [3.8, 4) is 0 Å². The van der Waals surface area contributed by atoms with Crippen molar-refractivity contribution in [2.24, 2.45) is 17.3 Å². The van der Waals surface area contributed by atoms with Gasteiger partial charge in [0.15, 0.2) is 0 Å². The highest BCUT2D eigenvalue weighted by atomic mass is 16.4. The van der Waals surface area contributed by atoms with Gasteiger partial charge in [0.1, 0.15) is 6.04 Å². The number of nitrogens with zero attached hydrogens (tertiary/aromatic N) is 1. The molecular weight excluding hydrogens is 354 g/mol. The minimum absolute atomic E-state index is 0.000974. The molecule has 0 aromatic rings. The van der Waals surface area contributed by atoms with Crippen LogP contribution >= 0.6 is 0 Å². The summed E-state index contributed by atoms with van der Waals surface area (Å²) >= 11 is 0. The average Bonchev–Trinajstić information content (AvgIpc) is 3.12. The van der Waals surface area contributed by atoms with E-state index in [1.165, 1.54) is 5.57 Å². The fourth-order valence-corrected chi connectivity index (χ4v) is 5.54. The summed E-state index contributed by atoms with van der Waals surface area (Å²) in [4.78, 5) is 13.9. The zero-order valence-corrected chi connectivity index (χ0v) is 17.7. The summed E-state index contributed by atoms with van der Waals surface area (Å²) in [6.07, 6.45) is 10.1. The Hall–Kier alpha value is -1.17. The summed E-state index contributed by atoms with van der Waals surface area (Å²) in [6.45, 7) is 8.24. The zero-order chi connectivity index (χ0) is 20.6. The third kappa shape index (κ3) is 4.22. The second-order valence-corrected chi connectivity index (χ2v) is 10.0. The van der Waals surface area contributed by atoms with Crippen molar-refractivity contribution in [2.75, 3.05) is 0 Å². The van der Waals surface area contributed by atoms with Gasteiger partial charge in [-0.2, -0.15) is 0 Å². The summed E-state index contributed by atoms with van der Waals surface area (Å²) in [5.74, 6) is -0.446. The van der Waals surface area contributed by atoms with Crippen LogP contribution in [0.2, 0.25) is 0 Å². The largest absolute Gasteiger partial charge is 0.480 e. The predicted molar refractivity (Wildman–Crippen MR) is 110 cm³/mol. The third-order valence-electron chi connectivity index (χ3n) is 7.28. The van der Waals surface area contributed by atoms with E-state index in [4.69, 9.17) is 0 Å². The van der Waals surface area contributed by atoms with E-state index in [2.05, 4.69) is 38.7 Å². The minimum Gasteiger partial charge on any atom is -0.480 e. The molecule has 3 aliphatic rings. The number of hydrogen-bond acceptors (Lipinski definition) is 4. The molecule has 1 aliphatic carbocycles. The second-order valence-electron chi connectivity index (χ2n) is 10.0. The number of carbonyl (C=O) groups is 1. The van der Waals surface area contributed by atoms with Crippen molar-refractivity contribution in [1.29, 1.82) is 0 Å². The molecule has 7 atom stereocenters. The van der Waals surface area contributed by atoms with Gasteiger partial charge in [-0.3, -0.25) is 9.69 Å². The summed E-state index contributed by atoms with van der Waals surface area (Å²) in [7, 11) is 0. The molecule has 3 rings (SSSR count). The summed E-state index contributed by atoms with van der Waals surface area (Å²) in [5.41, 5.74) is 0.979. The minimum atomic E-state index is -0.727. The van der Waals surface area contributed by atoms with Crippen molar-refractivity contribution in [2.45, 2.75) is 96.6 Å². The standard InChI is InChI=1S/C23H37NO4/c1-14(2)10-11-23(3,4)21(26)9-8-16-17-12-15-6-5-7-18(22(27)28)24(15)19(17)13-20(16)25/h8-10,15-21,25-26H,5-7,11-13H2,1-4H3,(H,27,28)/t15?,16-,17-,18?,19?,20-,21+/m1/s1. The van der Waals surface area contributed by atoms with Gasteiger partial charge in [-0.05, 0) is 63.7 Å². The molecule has 0 aromatic carbocycles. The van der Waals surface area contributed by atoms with Gasteiger partial charge in [-0.25, -0.2) is 0 Å². The van der Waals surface area contributed by atoms with E-state index in [0.29, 0.717) is 18.9 Å². The van der Waals surface area contributed by atoms with E-state index >= 15 is 0 Å². The first-order valence-corrected chi connectivity index (χ1v) is 10.8. The van der Waals surface area contributed by atoms with E-state index in [9.17, 15) is 20.1 Å². The van der Waals surface area contributed by atoms with Crippen LogP contribution in [0.15, 0.2) is 23.8 Å². The SMILES string of the molecule is CC(C)=CCC(C)(C)[C@@H](O)C=C[C@H]1[C@H](O)CC2[C@@H]1CC1CCCC(C(=O)O)N12. The number of aliphatic hydroxyl groups is 2. The van der Waals surface area contributed by atoms with Crippen LogP contribution in [-0.2, 0) is 4.79 Å². The molecule has 3 unspecified atom stereocenters. The van der Waals surface area contributed by atoms with Crippen molar-refractivity contribution in [1.82, 2.24) is 4.90 Å². The van der Waals surface area contributed by atoms with Gasteiger partial charge in [0, 0.05) is 18.0 Å². The zero-order valence-electron chi connectivity index (χ0n) is 17.7. The maximum Gasteiger partial charge on any atom is 0.320 e. The molecule has 28 heavy (non-hydrogen) atoms. The Labute approximate surface area is 169 Å². The van der Waals surface area contributed by atoms with Crippen molar-refractivity contribution in [3.63, 3.8) is 0 Å². The van der Waals surface area contributed by atoms with Crippen LogP contribution in [0, 0.1) is 17.3 Å². The quantitative estimate of drug-likeness (QED) is 0.605. The number of aliphatic hydroxyl groups excluding tert-OH is 2. The van der Waals surface area contributed by atoms with Crippen molar-refractivity contribution < 1.29 is 20.1 Å². The van der Waals surface area contributed by atoms with Gasteiger partial charge in [-0.1, -0.05) is 37.6 Å². The molecule has 3 N–H and O–H groups in total. The molecule has 0 aromatic heterocycles. The molecule has 2 heterocycles. The van der Waals surface area contributed by atoms with Gasteiger partial charge in [0.05, 0.1) is 12.2 Å². The lowest BCUT2D eigenvalue weighted by Gasteiger charge is -2.38. The lowest BCUT2D eigenvalue weighted by atomic mass is 9.81. The van der Waals surface area contributed by atoms with Gasteiger partial charge < -0.3 is 15.3 Å². The molecule has 0 amide bonds. The first-order valence-electron chi connectivity index (χ1n) is 10.8. The fraction of sp³-hybridized carbons (Fsp3) is 0.783. The molecule has 0 spiro atoms. The van der Waals surface area contributed by atoms with Crippen LogP contribution in [0.5, 0.6) is 0 Å². The van der Waals surface area contributed by atoms with Gasteiger partial charge >= 0.3 is 5.97 Å². The highest BCUT2D eigenvalue weighted by Crippen LogP contribution is 2.49. The monoisotopic (exact) mass is 391 g/mol. The Morgan fingerprint density at radius 3 is 2.61 bits per heavy atom. The lowest BCUT2D eigenvalue weighted by Crippen LogP contribution is -2.51. The molecule has 1 saturated carbocycles. The molecule has 2 aliphatic heterocycles. The molecule has 0 bridgehead atoms. The van der Waals surface area contributed by atoms with Gasteiger partial charge in [-0.15, -0.1) is 0 Å². The Morgan fingerprint density at radius 2 is 1.96 bits per heavy atom. The highest BCUT2D eigenvalue weighted by molar-refractivity contribution is 5.73. The van der Waals surface area contributed by atoms with Crippen molar-refractivity contribution in [3.05, 3.63) is 23.8 Å². The fourth-order valence-electron chi connectivity index (χ4n) is 5.54. The molecule has 158 valence electrons. The van der Waals surface area contributed by atoms with E-state index in [1.54, 1.807) is 0 Å². The third-order valence-corrected chi connectivity index (χ3v) is 7.28. The number of allylic oxidation sites excluding steroid dienone is 2. The Bertz CT molecular complexity index is 637. The summed E-state index contributed by atoms with van der Waals surface area (Å²) in [6, 6.07) is 0.0661. The Morgan fingerprint density at radius 1 is 1.25 bits per heavy atom. The van der Waals surface area contributed by atoms with E-state index < -0.39 is 24.2 Å². The number of rotatable bonds is 6. The normalized spacial score (nSPS) is 36.9. The lowest BCUT2D eigenvalue weighted by molar-refractivity contribution is -0.146. The van der Waals surface area contributed by atoms with E-state index in [0.717, 1.165) is 25.7 Å². The Kier molecular flexibility index (Phi) is 6.38. The number of aliphatic carboxylic acids is 1. The topological polar surface area (TPSA) is 81.0 Å². The number of hydrogen-bond donors (Lipinski definition) is 3. The van der Waals surface area contributed by atoms with E-state index in [-0.39, 0.29) is 23.3 Å².